The Balaban J connectivity index is 1.82. The van der Waals surface area contributed by atoms with Gasteiger partial charge in [0.2, 0.25) is 0 Å². The molecular formula is C16H21NO3. The van der Waals surface area contributed by atoms with Gasteiger partial charge in [-0.05, 0) is 56.5 Å². The van der Waals surface area contributed by atoms with Gasteiger partial charge in [-0.1, -0.05) is 12.1 Å². The van der Waals surface area contributed by atoms with E-state index in [4.69, 9.17) is 4.74 Å². The minimum atomic E-state index is -0.725. The summed E-state index contributed by atoms with van der Waals surface area (Å²) >= 11 is 0. The summed E-state index contributed by atoms with van der Waals surface area (Å²) < 4.78 is 5.15. The highest BCUT2D eigenvalue weighted by Crippen LogP contribution is 2.39. The molecule has 0 amide bonds. The summed E-state index contributed by atoms with van der Waals surface area (Å²) in [6.07, 6.45) is 3.96. The van der Waals surface area contributed by atoms with Crippen LogP contribution in [0.25, 0.3) is 0 Å². The first-order valence-electron chi connectivity index (χ1n) is 7.28. The van der Waals surface area contributed by atoms with E-state index in [0.717, 1.165) is 30.4 Å². The molecule has 0 aromatic heterocycles. The van der Waals surface area contributed by atoms with Crippen molar-refractivity contribution in [2.45, 2.75) is 37.1 Å². The van der Waals surface area contributed by atoms with Crippen molar-refractivity contribution in [3.05, 3.63) is 29.8 Å². The van der Waals surface area contributed by atoms with Crippen LogP contribution in [0.2, 0.25) is 0 Å². The summed E-state index contributed by atoms with van der Waals surface area (Å²) in [6, 6.07) is 8.23. The molecule has 1 aliphatic heterocycles. The Morgan fingerprint density at radius 3 is 2.30 bits per heavy atom. The lowest BCUT2D eigenvalue weighted by Gasteiger charge is -2.39. The smallest absolute Gasteiger partial charge is 0.314 e. The normalized spacial score (nSPS) is 22.4. The third-order valence-corrected chi connectivity index (χ3v) is 4.77. The standard InChI is InChI=1S/C16H21NO3/c1-20-14-6-2-12(3-7-14)16(15(18)19)8-10-17(11-9-16)13-4-5-13/h2-3,6-7,13H,4-5,8-11H2,1H3,(H,18,19). The number of methoxy groups -OCH3 is 1. The molecule has 4 nitrogen and oxygen atoms in total. The molecule has 4 heteroatoms. The predicted molar refractivity (Wildman–Crippen MR) is 76.1 cm³/mol. The number of carboxylic acids is 1. The Hall–Kier alpha value is -1.55. The van der Waals surface area contributed by atoms with Crippen molar-refractivity contribution < 1.29 is 14.6 Å². The SMILES string of the molecule is COc1ccc(C2(C(=O)O)CCN(C3CC3)CC2)cc1. The number of likely N-dealkylation sites (tertiary alicyclic amines) is 1. The molecule has 20 heavy (non-hydrogen) atoms. The number of aliphatic carboxylic acids is 1. The molecule has 1 heterocycles. The quantitative estimate of drug-likeness (QED) is 0.916. The molecule has 1 aliphatic carbocycles. The molecule has 0 atom stereocenters. The lowest BCUT2D eigenvalue weighted by Crippen LogP contribution is -2.47. The summed E-state index contributed by atoms with van der Waals surface area (Å²) in [7, 11) is 1.62. The fourth-order valence-electron chi connectivity index (χ4n) is 3.25. The first kappa shape index (κ1) is 13.4. The van der Waals surface area contributed by atoms with Crippen LogP contribution in [0.15, 0.2) is 24.3 Å². The highest BCUT2D eigenvalue weighted by molar-refractivity contribution is 5.81. The number of hydrogen-bond acceptors (Lipinski definition) is 3. The van der Waals surface area contributed by atoms with Crippen LogP contribution in [0, 0.1) is 0 Å². The van der Waals surface area contributed by atoms with E-state index in [1.54, 1.807) is 7.11 Å². The number of carbonyl (C=O) groups is 1. The van der Waals surface area contributed by atoms with Crippen LogP contribution in [-0.2, 0) is 10.2 Å². The molecular weight excluding hydrogens is 254 g/mol. The zero-order chi connectivity index (χ0) is 14.2. The van der Waals surface area contributed by atoms with Crippen molar-refractivity contribution >= 4 is 5.97 Å². The minimum Gasteiger partial charge on any atom is -0.497 e. The number of benzene rings is 1. The van der Waals surface area contributed by atoms with Gasteiger partial charge in [0.05, 0.1) is 12.5 Å². The van der Waals surface area contributed by atoms with E-state index in [1.807, 2.05) is 24.3 Å². The number of nitrogens with zero attached hydrogens (tertiary/aromatic N) is 1. The fraction of sp³-hybridized carbons (Fsp3) is 0.562. The molecule has 0 bridgehead atoms. The summed E-state index contributed by atoms with van der Waals surface area (Å²) in [5.74, 6) is 0.0721. The molecule has 0 unspecified atom stereocenters. The number of rotatable bonds is 4. The van der Waals surface area contributed by atoms with E-state index in [0.29, 0.717) is 12.8 Å². The second kappa shape index (κ2) is 5.09. The zero-order valence-electron chi connectivity index (χ0n) is 11.8. The van der Waals surface area contributed by atoms with Gasteiger partial charge in [0.15, 0.2) is 0 Å². The first-order valence-corrected chi connectivity index (χ1v) is 7.28. The lowest BCUT2D eigenvalue weighted by molar-refractivity contribution is -0.146. The van der Waals surface area contributed by atoms with E-state index in [2.05, 4.69) is 4.90 Å². The maximum absolute atomic E-state index is 11.9. The van der Waals surface area contributed by atoms with Gasteiger partial charge in [0.1, 0.15) is 5.75 Å². The molecule has 108 valence electrons. The molecule has 2 aliphatic rings. The van der Waals surface area contributed by atoms with Crippen molar-refractivity contribution in [2.75, 3.05) is 20.2 Å². The number of ether oxygens (including phenoxy) is 1. The van der Waals surface area contributed by atoms with Gasteiger partial charge in [-0.25, -0.2) is 0 Å². The maximum Gasteiger partial charge on any atom is 0.314 e. The van der Waals surface area contributed by atoms with Gasteiger partial charge in [-0.3, -0.25) is 4.79 Å². The van der Waals surface area contributed by atoms with Crippen LogP contribution in [-0.4, -0.2) is 42.2 Å². The number of hydrogen-bond donors (Lipinski definition) is 1. The van der Waals surface area contributed by atoms with Gasteiger partial charge in [0.25, 0.3) is 0 Å². The fourth-order valence-corrected chi connectivity index (χ4v) is 3.25. The van der Waals surface area contributed by atoms with Gasteiger partial charge < -0.3 is 14.7 Å². The average Bonchev–Trinajstić information content (AvgIpc) is 3.32. The Kier molecular flexibility index (Phi) is 3.42. The largest absolute Gasteiger partial charge is 0.497 e. The summed E-state index contributed by atoms with van der Waals surface area (Å²) in [4.78, 5) is 14.3. The molecule has 1 aromatic carbocycles. The van der Waals surface area contributed by atoms with E-state index in [-0.39, 0.29) is 0 Å². The van der Waals surface area contributed by atoms with Crippen molar-refractivity contribution in [1.29, 1.82) is 0 Å². The molecule has 1 N–H and O–H groups in total. The Bertz CT molecular complexity index is 485. The topological polar surface area (TPSA) is 49.8 Å². The van der Waals surface area contributed by atoms with Crippen LogP contribution in [0.5, 0.6) is 5.75 Å². The zero-order valence-corrected chi connectivity index (χ0v) is 11.8. The Labute approximate surface area is 119 Å². The second-order valence-corrected chi connectivity index (χ2v) is 5.88. The van der Waals surface area contributed by atoms with Crippen LogP contribution in [0.3, 0.4) is 0 Å². The highest BCUT2D eigenvalue weighted by Gasteiger charge is 2.45. The lowest BCUT2D eigenvalue weighted by atomic mass is 9.72. The average molecular weight is 275 g/mol. The van der Waals surface area contributed by atoms with E-state index in [9.17, 15) is 9.90 Å². The van der Waals surface area contributed by atoms with Crippen LogP contribution in [0.4, 0.5) is 0 Å². The van der Waals surface area contributed by atoms with Gasteiger partial charge in [-0.15, -0.1) is 0 Å². The third-order valence-electron chi connectivity index (χ3n) is 4.77. The third kappa shape index (κ3) is 2.29. The predicted octanol–water partition coefficient (Wildman–Crippen LogP) is 2.28. The van der Waals surface area contributed by atoms with Crippen molar-refractivity contribution in [3.8, 4) is 5.75 Å². The Morgan fingerprint density at radius 1 is 1.25 bits per heavy atom. The van der Waals surface area contributed by atoms with Crippen LogP contribution < -0.4 is 4.74 Å². The molecule has 1 saturated carbocycles. The van der Waals surface area contributed by atoms with Crippen molar-refractivity contribution in [2.24, 2.45) is 0 Å². The molecule has 1 aromatic rings. The first-order chi connectivity index (χ1) is 9.65. The molecule has 2 fully saturated rings. The molecule has 1 saturated heterocycles. The maximum atomic E-state index is 11.9. The minimum absolute atomic E-state index is 0.696. The van der Waals surface area contributed by atoms with Crippen LogP contribution >= 0.6 is 0 Å². The van der Waals surface area contributed by atoms with Gasteiger partial charge >= 0.3 is 5.97 Å². The van der Waals surface area contributed by atoms with Gasteiger partial charge in [-0.2, -0.15) is 0 Å². The van der Waals surface area contributed by atoms with Crippen LogP contribution in [0.1, 0.15) is 31.2 Å². The van der Waals surface area contributed by atoms with Crippen molar-refractivity contribution in [3.63, 3.8) is 0 Å². The monoisotopic (exact) mass is 275 g/mol. The second-order valence-electron chi connectivity index (χ2n) is 5.88. The van der Waals surface area contributed by atoms with E-state index >= 15 is 0 Å². The summed E-state index contributed by atoms with van der Waals surface area (Å²) in [6.45, 7) is 1.78. The Morgan fingerprint density at radius 2 is 1.85 bits per heavy atom. The highest BCUT2D eigenvalue weighted by atomic mass is 16.5. The van der Waals surface area contributed by atoms with Crippen molar-refractivity contribution in [1.82, 2.24) is 4.90 Å². The molecule has 0 radical (unpaired) electrons. The van der Waals surface area contributed by atoms with E-state index in [1.165, 1.54) is 12.8 Å². The summed E-state index contributed by atoms with van der Waals surface area (Å²) in [5.41, 5.74) is 0.179. The molecule has 3 rings (SSSR count). The molecule has 0 spiro atoms. The van der Waals surface area contributed by atoms with E-state index < -0.39 is 11.4 Å². The number of carboxylic acid groups (broad SMARTS) is 1. The summed E-state index contributed by atoms with van der Waals surface area (Å²) in [5, 5.41) is 9.76. The number of piperidine rings is 1. The van der Waals surface area contributed by atoms with Gasteiger partial charge in [0, 0.05) is 6.04 Å².